The van der Waals surface area contributed by atoms with Crippen molar-refractivity contribution < 1.29 is 4.74 Å². The van der Waals surface area contributed by atoms with Gasteiger partial charge in [0.1, 0.15) is 0 Å². The van der Waals surface area contributed by atoms with E-state index >= 15 is 0 Å². The highest BCUT2D eigenvalue weighted by atomic mass is 16.5. The fraction of sp³-hybridized carbons (Fsp3) is 0.389. The molecular weight excluding hydrogens is 246 g/mol. The van der Waals surface area contributed by atoms with Crippen molar-refractivity contribution >= 4 is 0 Å². The molecule has 0 unspecified atom stereocenters. The summed E-state index contributed by atoms with van der Waals surface area (Å²) in [5.74, 6) is 1.67. The van der Waals surface area contributed by atoms with Crippen LogP contribution in [0.1, 0.15) is 50.7 Å². The largest absolute Gasteiger partial charge is 0.481 e. The molecule has 1 heterocycles. The lowest BCUT2D eigenvalue weighted by molar-refractivity contribution is 0.398. The molecule has 2 nitrogen and oxygen atoms in total. The Morgan fingerprint density at radius 2 is 1.75 bits per heavy atom. The number of hydrogen-bond donors (Lipinski definition) is 0. The van der Waals surface area contributed by atoms with Gasteiger partial charge in [-0.05, 0) is 40.2 Å². The molecule has 1 aromatic heterocycles. The first-order valence-electron chi connectivity index (χ1n) is 7.17. The second-order valence-corrected chi connectivity index (χ2v) is 5.70. The molecule has 0 bridgehead atoms. The van der Waals surface area contributed by atoms with Crippen LogP contribution in [0.3, 0.4) is 0 Å². The van der Waals surface area contributed by atoms with E-state index in [1.165, 1.54) is 22.3 Å². The molecule has 0 spiro atoms. The number of rotatable bonds is 4. The third-order valence-corrected chi connectivity index (χ3v) is 3.59. The number of benzene rings is 1. The number of aromatic nitrogens is 1. The maximum absolute atomic E-state index is 5.24. The van der Waals surface area contributed by atoms with E-state index in [0.29, 0.717) is 17.7 Å². The molecule has 2 rings (SSSR count). The lowest BCUT2D eigenvalue weighted by Gasteiger charge is -2.20. The second kappa shape index (κ2) is 6.08. The number of ether oxygens (including phenoxy) is 1. The van der Waals surface area contributed by atoms with Gasteiger partial charge in [0, 0.05) is 12.3 Å². The fourth-order valence-electron chi connectivity index (χ4n) is 2.67. The van der Waals surface area contributed by atoms with Crippen LogP contribution in [0, 0.1) is 0 Å². The summed E-state index contributed by atoms with van der Waals surface area (Å²) in [6, 6.07) is 10.6. The average Bonchev–Trinajstić information content (AvgIpc) is 2.46. The monoisotopic (exact) mass is 269 g/mol. The molecule has 2 heteroatoms. The van der Waals surface area contributed by atoms with Crippen molar-refractivity contribution in [2.24, 2.45) is 0 Å². The van der Waals surface area contributed by atoms with Crippen LogP contribution in [-0.2, 0) is 0 Å². The summed E-state index contributed by atoms with van der Waals surface area (Å²) in [6.07, 6.45) is 1.81. The maximum Gasteiger partial charge on any atom is 0.213 e. The van der Waals surface area contributed by atoms with Crippen molar-refractivity contribution in [3.63, 3.8) is 0 Å². The Bertz CT molecular complexity index is 588. The molecule has 106 valence electrons. The first-order valence-corrected chi connectivity index (χ1v) is 7.17. The van der Waals surface area contributed by atoms with Crippen LogP contribution in [0.25, 0.3) is 11.1 Å². The van der Waals surface area contributed by atoms with Gasteiger partial charge in [-0.3, -0.25) is 0 Å². The van der Waals surface area contributed by atoms with E-state index in [1.807, 2.05) is 12.1 Å². The molecule has 0 aliphatic carbocycles. The Balaban J connectivity index is 2.63. The minimum Gasteiger partial charge on any atom is -0.481 e. The molecule has 0 atom stereocenters. The molecule has 0 N–H and O–H groups in total. The summed E-state index contributed by atoms with van der Waals surface area (Å²) < 4.78 is 5.24. The highest BCUT2D eigenvalue weighted by Crippen LogP contribution is 2.35. The lowest BCUT2D eigenvalue weighted by atomic mass is 9.85. The van der Waals surface area contributed by atoms with Gasteiger partial charge in [0.2, 0.25) is 5.88 Å². The van der Waals surface area contributed by atoms with Gasteiger partial charge in [0.25, 0.3) is 0 Å². The predicted octanol–water partition coefficient (Wildman–Crippen LogP) is 5.00. The molecule has 2 aromatic rings. The van der Waals surface area contributed by atoms with E-state index in [0.717, 1.165) is 0 Å². The van der Waals surface area contributed by atoms with Crippen molar-refractivity contribution in [3.8, 4) is 17.0 Å². The van der Waals surface area contributed by atoms with Gasteiger partial charge in [-0.1, -0.05) is 45.9 Å². The fourth-order valence-corrected chi connectivity index (χ4v) is 2.67. The SMILES string of the molecule is COc1cc(-c2cccc(C(C)C)c2C(C)C)ccn1. The van der Waals surface area contributed by atoms with Gasteiger partial charge in [-0.2, -0.15) is 0 Å². The summed E-state index contributed by atoms with van der Waals surface area (Å²) in [5, 5.41) is 0. The molecule has 0 saturated carbocycles. The third kappa shape index (κ3) is 2.84. The van der Waals surface area contributed by atoms with E-state index in [9.17, 15) is 0 Å². The minimum absolute atomic E-state index is 0.489. The highest BCUT2D eigenvalue weighted by Gasteiger charge is 2.15. The quantitative estimate of drug-likeness (QED) is 0.779. The van der Waals surface area contributed by atoms with E-state index in [4.69, 9.17) is 4.74 Å². The Morgan fingerprint density at radius 3 is 2.35 bits per heavy atom. The molecule has 0 amide bonds. The van der Waals surface area contributed by atoms with Gasteiger partial charge >= 0.3 is 0 Å². The van der Waals surface area contributed by atoms with Crippen molar-refractivity contribution in [2.45, 2.75) is 39.5 Å². The average molecular weight is 269 g/mol. The number of hydrogen-bond acceptors (Lipinski definition) is 2. The summed E-state index contributed by atoms with van der Waals surface area (Å²) in [7, 11) is 1.65. The van der Waals surface area contributed by atoms with Crippen molar-refractivity contribution in [3.05, 3.63) is 47.7 Å². The zero-order chi connectivity index (χ0) is 14.7. The molecule has 0 aliphatic heterocycles. The van der Waals surface area contributed by atoms with E-state index in [-0.39, 0.29) is 0 Å². The Hall–Kier alpha value is -1.83. The normalized spacial score (nSPS) is 11.2. The van der Waals surface area contributed by atoms with Gasteiger partial charge < -0.3 is 4.74 Å². The third-order valence-electron chi connectivity index (χ3n) is 3.59. The van der Waals surface area contributed by atoms with E-state index in [1.54, 1.807) is 13.3 Å². The Morgan fingerprint density at radius 1 is 1.00 bits per heavy atom. The summed E-state index contributed by atoms with van der Waals surface area (Å²) >= 11 is 0. The minimum atomic E-state index is 0.489. The predicted molar refractivity (Wildman–Crippen MR) is 84.4 cm³/mol. The van der Waals surface area contributed by atoms with Crippen molar-refractivity contribution in [1.29, 1.82) is 0 Å². The van der Waals surface area contributed by atoms with Crippen LogP contribution in [0.2, 0.25) is 0 Å². The van der Waals surface area contributed by atoms with Crippen molar-refractivity contribution in [2.75, 3.05) is 7.11 Å². The highest BCUT2D eigenvalue weighted by molar-refractivity contribution is 5.70. The smallest absolute Gasteiger partial charge is 0.213 e. The van der Waals surface area contributed by atoms with Crippen molar-refractivity contribution in [1.82, 2.24) is 4.98 Å². The van der Waals surface area contributed by atoms with Crippen LogP contribution in [-0.4, -0.2) is 12.1 Å². The summed E-state index contributed by atoms with van der Waals surface area (Å²) in [6.45, 7) is 9.00. The summed E-state index contributed by atoms with van der Waals surface area (Å²) in [4.78, 5) is 4.19. The van der Waals surface area contributed by atoms with Gasteiger partial charge in [0.15, 0.2) is 0 Å². The van der Waals surface area contributed by atoms with Crippen LogP contribution in [0.15, 0.2) is 36.5 Å². The molecule has 20 heavy (non-hydrogen) atoms. The first kappa shape index (κ1) is 14.6. The zero-order valence-corrected chi connectivity index (χ0v) is 13.0. The van der Waals surface area contributed by atoms with Crippen LogP contribution in [0.4, 0.5) is 0 Å². The second-order valence-electron chi connectivity index (χ2n) is 5.70. The van der Waals surface area contributed by atoms with Gasteiger partial charge in [-0.25, -0.2) is 4.98 Å². The molecule has 0 aliphatic rings. The Labute approximate surface area is 121 Å². The van der Waals surface area contributed by atoms with Crippen LogP contribution >= 0.6 is 0 Å². The van der Waals surface area contributed by atoms with Crippen LogP contribution < -0.4 is 4.74 Å². The van der Waals surface area contributed by atoms with E-state index < -0.39 is 0 Å². The molecule has 0 fully saturated rings. The first-order chi connectivity index (χ1) is 9.54. The zero-order valence-electron chi connectivity index (χ0n) is 13.0. The standard InChI is InChI=1S/C18H23NO/c1-12(2)15-7-6-8-16(18(15)13(3)4)14-9-10-19-17(11-14)20-5/h6-13H,1-5H3. The van der Waals surface area contributed by atoms with Crippen LogP contribution in [0.5, 0.6) is 5.88 Å². The topological polar surface area (TPSA) is 22.1 Å². The Kier molecular flexibility index (Phi) is 4.43. The van der Waals surface area contributed by atoms with Gasteiger partial charge in [-0.15, -0.1) is 0 Å². The van der Waals surface area contributed by atoms with Gasteiger partial charge in [0.05, 0.1) is 7.11 Å². The van der Waals surface area contributed by atoms with E-state index in [2.05, 4.69) is 50.9 Å². The molecule has 0 saturated heterocycles. The number of methoxy groups -OCH3 is 1. The number of nitrogens with zero attached hydrogens (tertiary/aromatic N) is 1. The summed E-state index contributed by atoms with van der Waals surface area (Å²) in [5.41, 5.74) is 5.30. The lowest BCUT2D eigenvalue weighted by Crippen LogP contribution is -2.01. The molecular formula is C18H23NO. The maximum atomic E-state index is 5.24. The molecule has 1 aromatic carbocycles. The number of pyridine rings is 1. The molecule has 0 radical (unpaired) electrons.